The number of furan rings is 1. The summed E-state index contributed by atoms with van der Waals surface area (Å²) in [6.45, 7) is 4.30. The molecule has 0 amide bonds. The van der Waals surface area contributed by atoms with Crippen molar-refractivity contribution >= 4 is 37.6 Å². The number of pyridine rings is 1. The van der Waals surface area contributed by atoms with Crippen molar-refractivity contribution in [3.8, 4) is 0 Å². The van der Waals surface area contributed by atoms with Crippen LogP contribution in [0.4, 0.5) is 0 Å². The Kier molecular flexibility index (Phi) is 5.96. The summed E-state index contributed by atoms with van der Waals surface area (Å²) in [7, 11) is -3.80. The van der Waals surface area contributed by atoms with Crippen LogP contribution >= 0.6 is 15.9 Å². The highest BCUT2D eigenvalue weighted by molar-refractivity contribution is 9.10. The number of ether oxygens (including phenoxy) is 1. The first-order chi connectivity index (χ1) is 14.4. The Bertz CT molecular complexity index is 1160. The highest BCUT2D eigenvalue weighted by Gasteiger charge is 2.32. The molecule has 0 spiro atoms. The monoisotopic (exact) mass is 496 g/mol. The molecule has 3 aromatic heterocycles. The number of sulfonamides is 1. The first-order valence-electron chi connectivity index (χ1n) is 9.49. The van der Waals surface area contributed by atoms with Crippen LogP contribution in [-0.4, -0.2) is 65.8 Å². The third kappa shape index (κ3) is 4.29. The number of esters is 1. The average Bonchev–Trinajstić information content (AvgIpc) is 3.35. The van der Waals surface area contributed by atoms with E-state index < -0.39 is 16.0 Å². The van der Waals surface area contributed by atoms with Gasteiger partial charge in [-0.1, -0.05) is 0 Å². The summed E-state index contributed by atoms with van der Waals surface area (Å²) in [4.78, 5) is 18.5. The summed E-state index contributed by atoms with van der Waals surface area (Å²) in [6, 6.07) is 6.50. The van der Waals surface area contributed by atoms with Gasteiger partial charge in [0.1, 0.15) is 5.65 Å². The number of nitrogens with zero attached hydrogens (tertiary/aromatic N) is 4. The molecule has 0 radical (unpaired) electrons. The SMILES string of the molecule is CCOC(=O)c1ccc(S(=O)(=O)N2CCN(Cc3cn4cc(Br)ccc4n3)CC2)o1. The number of piperazine rings is 1. The maximum absolute atomic E-state index is 12.8. The van der Waals surface area contributed by atoms with Crippen molar-refractivity contribution < 1.29 is 22.4 Å². The lowest BCUT2D eigenvalue weighted by Crippen LogP contribution is -2.48. The molecule has 30 heavy (non-hydrogen) atoms. The minimum absolute atomic E-state index is 0.118. The maximum Gasteiger partial charge on any atom is 0.374 e. The lowest BCUT2D eigenvalue weighted by molar-refractivity contribution is 0.0483. The number of halogens is 1. The Morgan fingerprint density at radius 3 is 2.67 bits per heavy atom. The van der Waals surface area contributed by atoms with E-state index in [9.17, 15) is 13.2 Å². The van der Waals surface area contributed by atoms with Gasteiger partial charge in [-0.05, 0) is 47.1 Å². The number of carbonyl (C=O) groups excluding carboxylic acids is 1. The summed E-state index contributed by atoms with van der Waals surface area (Å²) in [6.07, 6.45) is 3.92. The van der Waals surface area contributed by atoms with E-state index >= 15 is 0 Å². The van der Waals surface area contributed by atoms with Gasteiger partial charge in [0.25, 0.3) is 10.0 Å². The third-order valence-corrected chi connectivity index (χ3v) is 7.08. The number of aromatic nitrogens is 2. The van der Waals surface area contributed by atoms with Gasteiger partial charge in [0.15, 0.2) is 0 Å². The van der Waals surface area contributed by atoms with Crippen LogP contribution in [0.5, 0.6) is 0 Å². The predicted octanol–water partition coefficient (Wildman–Crippen LogP) is 2.37. The van der Waals surface area contributed by atoms with Gasteiger partial charge in [0, 0.05) is 49.6 Å². The van der Waals surface area contributed by atoms with Gasteiger partial charge in [0.2, 0.25) is 10.9 Å². The second kappa shape index (κ2) is 8.50. The molecule has 1 saturated heterocycles. The quantitative estimate of drug-likeness (QED) is 0.483. The zero-order valence-corrected chi connectivity index (χ0v) is 18.7. The molecule has 0 aliphatic carbocycles. The molecule has 0 atom stereocenters. The first kappa shape index (κ1) is 21.0. The average molecular weight is 497 g/mol. The molecular weight excluding hydrogens is 476 g/mol. The van der Waals surface area contributed by atoms with Crippen molar-refractivity contribution in [1.82, 2.24) is 18.6 Å². The second-order valence-corrected chi connectivity index (χ2v) is 9.65. The van der Waals surface area contributed by atoms with Crippen LogP contribution in [-0.2, 0) is 21.3 Å². The van der Waals surface area contributed by atoms with E-state index in [4.69, 9.17) is 9.15 Å². The van der Waals surface area contributed by atoms with Crippen LogP contribution in [0.3, 0.4) is 0 Å². The molecule has 0 aromatic carbocycles. The first-order valence-corrected chi connectivity index (χ1v) is 11.7. The molecule has 0 unspecified atom stereocenters. The van der Waals surface area contributed by atoms with Gasteiger partial charge in [-0.3, -0.25) is 4.90 Å². The number of imidazole rings is 1. The van der Waals surface area contributed by atoms with Gasteiger partial charge in [-0.25, -0.2) is 18.2 Å². The van der Waals surface area contributed by atoms with Crippen molar-refractivity contribution in [3.05, 3.63) is 52.6 Å². The molecule has 11 heteroatoms. The molecule has 1 fully saturated rings. The highest BCUT2D eigenvalue weighted by Crippen LogP contribution is 2.21. The number of hydrogen-bond acceptors (Lipinski definition) is 7. The lowest BCUT2D eigenvalue weighted by atomic mass is 10.3. The minimum atomic E-state index is -3.80. The number of fused-ring (bicyclic) bond motifs is 1. The summed E-state index contributed by atoms with van der Waals surface area (Å²) in [5.41, 5.74) is 1.79. The van der Waals surface area contributed by atoms with E-state index in [-0.39, 0.29) is 17.5 Å². The largest absolute Gasteiger partial charge is 0.460 e. The summed E-state index contributed by atoms with van der Waals surface area (Å²) in [5.74, 6) is -0.796. The van der Waals surface area contributed by atoms with Gasteiger partial charge in [-0.15, -0.1) is 0 Å². The molecule has 0 N–H and O–H groups in total. The third-order valence-electron chi connectivity index (χ3n) is 4.83. The second-order valence-electron chi connectivity index (χ2n) is 6.86. The van der Waals surface area contributed by atoms with E-state index in [1.165, 1.54) is 16.4 Å². The smallest absolute Gasteiger partial charge is 0.374 e. The van der Waals surface area contributed by atoms with Gasteiger partial charge >= 0.3 is 5.97 Å². The Morgan fingerprint density at radius 2 is 1.93 bits per heavy atom. The number of carbonyl (C=O) groups is 1. The van der Waals surface area contributed by atoms with Crippen LogP contribution in [0.1, 0.15) is 23.2 Å². The predicted molar refractivity (Wildman–Crippen MR) is 112 cm³/mol. The maximum atomic E-state index is 12.8. The zero-order valence-electron chi connectivity index (χ0n) is 16.3. The van der Waals surface area contributed by atoms with Gasteiger partial charge < -0.3 is 13.6 Å². The number of rotatable bonds is 6. The fourth-order valence-corrected chi connectivity index (χ4v) is 5.03. The molecule has 3 aromatic rings. The van der Waals surface area contributed by atoms with Crippen LogP contribution in [0.2, 0.25) is 0 Å². The molecular formula is C19H21BrN4O5S. The van der Waals surface area contributed by atoms with E-state index in [0.29, 0.717) is 32.7 Å². The molecule has 1 aliphatic rings. The van der Waals surface area contributed by atoms with E-state index in [1.807, 2.05) is 28.9 Å². The standard InChI is InChI=1S/C19H21BrN4O5S/c1-2-28-19(25)16-4-6-18(29-16)30(26,27)24-9-7-22(8-10-24)12-15-13-23-11-14(20)3-5-17(23)21-15/h3-6,11,13H,2,7-10,12H2,1H3. The minimum Gasteiger partial charge on any atom is -0.460 e. The van der Waals surface area contributed by atoms with Crippen molar-refractivity contribution in [2.75, 3.05) is 32.8 Å². The van der Waals surface area contributed by atoms with Crippen molar-refractivity contribution in [2.45, 2.75) is 18.6 Å². The van der Waals surface area contributed by atoms with Gasteiger partial charge in [-0.2, -0.15) is 4.31 Å². The van der Waals surface area contributed by atoms with Crippen molar-refractivity contribution in [1.29, 1.82) is 0 Å². The Balaban J connectivity index is 1.39. The Labute approximate surface area is 182 Å². The summed E-state index contributed by atoms with van der Waals surface area (Å²) < 4.78 is 40.1. The number of hydrogen-bond donors (Lipinski definition) is 0. The fraction of sp³-hybridized carbons (Fsp3) is 0.368. The van der Waals surface area contributed by atoms with Crippen LogP contribution in [0.15, 0.2) is 50.6 Å². The van der Waals surface area contributed by atoms with E-state index in [1.54, 1.807) is 6.92 Å². The van der Waals surface area contributed by atoms with Crippen molar-refractivity contribution in [3.63, 3.8) is 0 Å². The molecule has 0 bridgehead atoms. The molecule has 4 rings (SSSR count). The Hall–Kier alpha value is -2.21. The van der Waals surface area contributed by atoms with Crippen LogP contribution in [0.25, 0.3) is 5.65 Å². The molecule has 160 valence electrons. The lowest BCUT2D eigenvalue weighted by Gasteiger charge is -2.32. The van der Waals surface area contributed by atoms with Crippen LogP contribution < -0.4 is 0 Å². The molecule has 1 aliphatic heterocycles. The normalized spacial score (nSPS) is 16.2. The molecule has 4 heterocycles. The van der Waals surface area contributed by atoms with Crippen molar-refractivity contribution in [2.24, 2.45) is 0 Å². The Morgan fingerprint density at radius 1 is 1.17 bits per heavy atom. The molecule has 0 saturated carbocycles. The van der Waals surface area contributed by atoms with Crippen LogP contribution in [0, 0.1) is 0 Å². The van der Waals surface area contributed by atoms with E-state index in [0.717, 1.165) is 15.8 Å². The fourth-order valence-electron chi connectivity index (χ4n) is 3.35. The highest BCUT2D eigenvalue weighted by atomic mass is 79.9. The van der Waals surface area contributed by atoms with Gasteiger partial charge in [0.05, 0.1) is 12.3 Å². The molecule has 9 nitrogen and oxygen atoms in total. The zero-order chi connectivity index (χ0) is 21.3. The van der Waals surface area contributed by atoms with E-state index in [2.05, 4.69) is 25.8 Å². The summed E-state index contributed by atoms with van der Waals surface area (Å²) >= 11 is 3.45. The topological polar surface area (TPSA) is 97.4 Å². The summed E-state index contributed by atoms with van der Waals surface area (Å²) in [5, 5.41) is -0.245.